The molecule has 5 heteroatoms. The molecule has 4 nitrogen and oxygen atoms in total. The lowest BCUT2D eigenvalue weighted by Gasteiger charge is -2.15. The summed E-state index contributed by atoms with van der Waals surface area (Å²) >= 11 is 0. The third kappa shape index (κ3) is 5.54. The monoisotopic (exact) mass is 408 g/mol. The van der Waals surface area contributed by atoms with E-state index < -0.39 is 5.92 Å². The number of ether oxygens (including phenoxy) is 1. The molecule has 1 atom stereocenters. The first-order valence-corrected chi connectivity index (χ1v) is 10.4. The largest absolute Gasteiger partial charge is 0.466 e. The first-order valence-electron chi connectivity index (χ1n) is 10.4. The van der Waals surface area contributed by atoms with Crippen molar-refractivity contribution in [2.45, 2.75) is 51.9 Å². The lowest BCUT2D eigenvalue weighted by molar-refractivity contribution is -0.142. The molecule has 0 spiro atoms. The summed E-state index contributed by atoms with van der Waals surface area (Å²) in [5.74, 6) is 3.64. The Bertz CT molecular complexity index is 957. The number of carbonyl (C=O) groups is 3. The first-order chi connectivity index (χ1) is 14.5. The molecule has 0 amide bonds. The number of esters is 1. The second-order valence-corrected chi connectivity index (χ2v) is 7.58. The standard InChI is InChI=1S/C25H25FO4/c1-2-30-23(28)16-19-14-20(25(29)24(19)18-6-4-3-5-7-18)15-22(27)13-10-17-8-11-21(26)12-9-17/h6,8-9,11-12,20H,2-5,7,14-16H2,1H3. The maximum atomic E-state index is 13.1. The van der Waals surface area contributed by atoms with Crippen molar-refractivity contribution in [1.82, 2.24) is 0 Å². The van der Waals surface area contributed by atoms with Crippen molar-refractivity contribution in [1.29, 1.82) is 0 Å². The number of carbonyl (C=O) groups excluding carboxylic acids is 3. The molecule has 2 aliphatic rings. The predicted octanol–water partition coefficient (Wildman–Crippen LogP) is 4.48. The maximum absolute atomic E-state index is 13.1. The summed E-state index contributed by atoms with van der Waals surface area (Å²) in [6.07, 6.45) is 6.41. The van der Waals surface area contributed by atoms with Gasteiger partial charge >= 0.3 is 5.97 Å². The molecule has 1 aromatic rings. The van der Waals surface area contributed by atoms with Gasteiger partial charge in [0.15, 0.2) is 5.78 Å². The highest BCUT2D eigenvalue weighted by atomic mass is 19.1. The van der Waals surface area contributed by atoms with Crippen LogP contribution in [0.25, 0.3) is 0 Å². The van der Waals surface area contributed by atoms with Gasteiger partial charge in [-0.1, -0.05) is 12.0 Å². The molecule has 0 fully saturated rings. The lowest BCUT2D eigenvalue weighted by atomic mass is 9.89. The normalized spacial score (nSPS) is 18.5. The van der Waals surface area contributed by atoms with Gasteiger partial charge in [-0.05, 0) is 80.4 Å². The van der Waals surface area contributed by atoms with E-state index in [4.69, 9.17) is 4.74 Å². The average molecular weight is 408 g/mol. The van der Waals surface area contributed by atoms with Gasteiger partial charge in [-0.15, -0.1) is 0 Å². The van der Waals surface area contributed by atoms with Crippen LogP contribution in [-0.2, 0) is 19.1 Å². The third-order valence-corrected chi connectivity index (χ3v) is 5.36. The van der Waals surface area contributed by atoms with Gasteiger partial charge in [-0.3, -0.25) is 14.4 Å². The van der Waals surface area contributed by atoms with Crippen LogP contribution in [0.3, 0.4) is 0 Å². The maximum Gasteiger partial charge on any atom is 0.309 e. The summed E-state index contributed by atoms with van der Waals surface area (Å²) in [6.45, 7) is 2.04. The molecule has 0 radical (unpaired) electrons. The topological polar surface area (TPSA) is 60.4 Å². The number of ketones is 2. The van der Waals surface area contributed by atoms with E-state index in [0.717, 1.165) is 36.8 Å². The van der Waals surface area contributed by atoms with E-state index in [1.54, 1.807) is 6.92 Å². The molecule has 0 N–H and O–H groups in total. The van der Waals surface area contributed by atoms with Gasteiger partial charge in [0.1, 0.15) is 5.82 Å². The molecular formula is C25H25FO4. The summed E-state index contributed by atoms with van der Waals surface area (Å²) in [5.41, 5.74) is 2.94. The Hall–Kier alpha value is -3.00. The Morgan fingerprint density at radius 2 is 1.97 bits per heavy atom. The van der Waals surface area contributed by atoms with Crippen molar-refractivity contribution in [3.05, 3.63) is 58.4 Å². The summed E-state index contributed by atoms with van der Waals surface area (Å²) in [6, 6.07) is 5.57. The molecule has 0 aliphatic heterocycles. The number of Topliss-reactive ketones (excluding diaryl/α,β-unsaturated/α-hetero) is 2. The van der Waals surface area contributed by atoms with E-state index in [9.17, 15) is 18.8 Å². The Morgan fingerprint density at radius 1 is 1.20 bits per heavy atom. The first kappa shape index (κ1) is 21.7. The van der Waals surface area contributed by atoms with Crippen LogP contribution in [0.4, 0.5) is 4.39 Å². The van der Waals surface area contributed by atoms with Crippen molar-refractivity contribution >= 4 is 17.5 Å². The molecule has 156 valence electrons. The molecule has 0 aromatic heterocycles. The molecule has 30 heavy (non-hydrogen) atoms. The van der Waals surface area contributed by atoms with Crippen LogP contribution >= 0.6 is 0 Å². The number of benzene rings is 1. The zero-order chi connectivity index (χ0) is 21.5. The molecule has 3 rings (SSSR count). The Balaban J connectivity index is 1.73. The van der Waals surface area contributed by atoms with Gasteiger partial charge in [0.2, 0.25) is 5.78 Å². The smallest absolute Gasteiger partial charge is 0.309 e. The van der Waals surface area contributed by atoms with Crippen LogP contribution in [0.5, 0.6) is 0 Å². The molecule has 0 saturated heterocycles. The highest BCUT2D eigenvalue weighted by molar-refractivity contribution is 6.08. The number of allylic oxidation sites excluding steroid dienone is 3. The highest BCUT2D eigenvalue weighted by Gasteiger charge is 2.36. The Kier molecular flexibility index (Phi) is 7.35. The number of halogens is 1. The zero-order valence-corrected chi connectivity index (χ0v) is 17.1. The van der Waals surface area contributed by atoms with Crippen LogP contribution in [-0.4, -0.2) is 24.1 Å². The number of hydrogen-bond acceptors (Lipinski definition) is 4. The van der Waals surface area contributed by atoms with Crippen molar-refractivity contribution in [2.24, 2.45) is 5.92 Å². The van der Waals surface area contributed by atoms with E-state index in [0.29, 0.717) is 24.2 Å². The quantitative estimate of drug-likeness (QED) is 0.515. The van der Waals surface area contributed by atoms with Gasteiger partial charge in [0, 0.05) is 23.5 Å². The summed E-state index contributed by atoms with van der Waals surface area (Å²) < 4.78 is 18.0. The lowest BCUT2D eigenvalue weighted by Crippen LogP contribution is -2.15. The minimum absolute atomic E-state index is 0.0101. The molecule has 1 aromatic carbocycles. The van der Waals surface area contributed by atoms with E-state index in [2.05, 4.69) is 17.9 Å². The number of hydrogen-bond donors (Lipinski definition) is 0. The fourth-order valence-electron chi connectivity index (χ4n) is 3.98. The molecular weight excluding hydrogens is 383 g/mol. The van der Waals surface area contributed by atoms with E-state index in [1.165, 1.54) is 24.3 Å². The molecule has 0 saturated carbocycles. The van der Waals surface area contributed by atoms with Gasteiger partial charge in [0.05, 0.1) is 13.0 Å². The average Bonchev–Trinajstić information content (AvgIpc) is 3.03. The second kappa shape index (κ2) is 10.2. The van der Waals surface area contributed by atoms with Crippen LogP contribution in [0.1, 0.15) is 57.4 Å². The van der Waals surface area contributed by atoms with Gasteiger partial charge < -0.3 is 4.74 Å². The van der Waals surface area contributed by atoms with Gasteiger partial charge in [-0.2, -0.15) is 0 Å². The van der Waals surface area contributed by atoms with E-state index in [-0.39, 0.29) is 36.2 Å². The summed E-state index contributed by atoms with van der Waals surface area (Å²) in [7, 11) is 0. The van der Waals surface area contributed by atoms with Crippen molar-refractivity contribution < 1.29 is 23.5 Å². The van der Waals surface area contributed by atoms with Crippen molar-refractivity contribution in [3.8, 4) is 11.8 Å². The van der Waals surface area contributed by atoms with Crippen LogP contribution in [0.15, 0.2) is 47.1 Å². The van der Waals surface area contributed by atoms with Gasteiger partial charge in [-0.25, -0.2) is 4.39 Å². The highest BCUT2D eigenvalue weighted by Crippen LogP contribution is 2.39. The van der Waals surface area contributed by atoms with Crippen molar-refractivity contribution in [3.63, 3.8) is 0 Å². The second-order valence-electron chi connectivity index (χ2n) is 7.58. The predicted molar refractivity (Wildman–Crippen MR) is 111 cm³/mol. The SMILES string of the molecule is CCOC(=O)CC1=C(C2=CCCCC2)C(=O)C(CC(=O)C#Cc2ccc(F)cc2)C1. The minimum atomic E-state index is -0.498. The third-order valence-electron chi connectivity index (χ3n) is 5.36. The fraction of sp³-hybridized carbons (Fsp3) is 0.400. The molecule has 0 bridgehead atoms. The summed E-state index contributed by atoms with van der Waals surface area (Å²) in [4.78, 5) is 37.5. The minimum Gasteiger partial charge on any atom is -0.466 e. The Labute approximate surface area is 176 Å². The summed E-state index contributed by atoms with van der Waals surface area (Å²) in [5, 5.41) is 0. The Morgan fingerprint density at radius 3 is 2.63 bits per heavy atom. The van der Waals surface area contributed by atoms with E-state index >= 15 is 0 Å². The number of rotatable bonds is 6. The van der Waals surface area contributed by atoms with Crippen LogP contribution in [0, 0.1) is 23.6 Å². The van der Waals surface area contributed by atoms with Crippen LogP contribution < -0.4 is 0 Å². The van der Waals surface area contributed by atoms with Crippen LogP contribution in [0.2, 0.25) is 0 Å². The van der Waals surface area contributed by atoms with E-state index in [1.807, 2.05) is 0 Å². The molecule has 0 heterocycles. The van der Waals surface area contributed by atoms with Crippen molar-refractivity contribution in [2.75, 3.05) is 6.61 Å². The van der Waals surface area contributed by atoms with Gasteiger partial charge in [0.25, 0.3) is 0 Å². The zero-order valence-electron chi connectivity index (χ0n) is 17.1. The molecule has 1 unspecified atom stereocenters. The molecule has 2 aliphatic carbocycles. The fourth-order valence-corrected chi connectivity index (χ4v) is 3.98.